The first-order valence-electron chi connectivity index (χ1n) is 9.34. The number of hydrogen-bond acceptors (Lipinski definition) is 4. The van der Waals surface area contributed by atoms with Crippen molar-refractivity contribution in [2.75, 3.05) is 19.6 Å². The van der Waals surface area contributed by atoms with Crippen LogP contribution in [-0.4, -0.2) is 34.9 Å². The van der Waals surface area contributed by atoms with E-state index in [-0.39, 0.29) is 42.2 Å². The number of carbonyl (C=O) groups excluding carboxylic acids is 1. The van der Waals surface area contributed by atoms with Gasteiger partial charge in [0.15, 0.2) is 10.6 Å². The molecule has 0 bridgehead atoms. The molecule has 1 aromatic heterocycles. The van der Waals surface area contributed by atoms with E-state index in [0.29, 0.717) is 22.8 Å². The van der Waals surface area contributed by atoms with Crippen LogP contribution in [-0.2, 0) is 6.54 Å². The Bertz CT molecular complexity index is 1060. The maximum atomic E-state index is 13.4. The SMILES string of the molecule is Cl.Cl.N=c1sc2cc(F)ccc2n1CC1CCN(CC(=O)c2ccc(F)cc2)CC1. The summed E-state index contributed by atoms with van der Waals surface area (Å²) in [4.78, 5) is 14.9. The van der Waals surface area contributed by atoms with Crippen molar-refractivity contribution in [3.05, 3.63) is 64.5 Å². The first-order valence-corrected chi connectivity index (χ1v) is 10.2. The van der Waals surface area contributed by atoms with Crippen LogP contribution in [0.3, 0.4) is 0 Å². The average molecular weight is 474 g/mol. The van der Waals surface area contributed by atoms with Crippen molar-refractivity contribution in [1.29, 1.82) is 5.41 Å². The van der Waals surface area contributed by atoms with Gasteiger partial charge >= 0.3 is 0 Å². The molecule has 3 aromatic rings. The number of Topliss-reactive ketones (excluding diaryl/α,β-unsaturated/α-hetero) is 1. The number of thiazole rings is 1. The quantitative estimate of drug-likeness (QED) is 0.535. The number of ketones is 1. The minimum atomic E-state index is -0.340. The second-order valence-corrected chi connectivity index (χ2v) is 8.31. The Hall–Kier alpha value is -1.80. The van der Waals surface area contributed by atoms with Gasteiger partial charge in [-0.25, -0.2) is 8.78 Å². The zero-order valence-electron chi connectivity index (χ0n) is 16.1. The molecule has 0 aliphatic carbocycles. The lowest BCUT2D eigenvalue weighted by atomic mass is 9.96. The van der Waals surface area contributed by atoms with Gasteiger partial charge in [0.2, 0.25) is 0 Å². The van der Waals surface area contributed by atoms with Crippen LogP contribution < -0.4 is 4.80 Å². The van der Waals surface area contributed by atoms with Gasteiger partial charge in [-0.05, 0) is 74.3 Å². The molecule has 30 heavy (non-hydrogen) atoms. The molecule has 1 aliphatic rings. The highest BCUT2D eigenvalue weighted by molar-refractivity contribution is 7.16. The standard InChI is InChI=1S/C21H21F2N3OS.2ClH/c22-16-3-1-15(2-4-16)19(27)13-25-9-7-14(8-10-25)12-26-18-6-5-17(23)11-20(18)28-21(26)24;;/h1-6,11,14,24H,7-10,12-13H2;2*1H. The van der Waals surface area contributed by atoms with Crippen molar-refractivity contribution in [3.8, 4) is 0 Å². The Kier molecular flexibility index (Phi) is 8.55. The molecule has 1 saturated heterocycles. The van der Waals surface area contributed by atoms with Crippen molar-refractivity contribution < 1.29 is 13.6 Å². The number of benzene rings is 2. The number of nitrogens with one attached hydrogen (secondary N) is 1. The fourth-order valence-corrected chi connectivity index (χ4v) is 4.70. The molecule has 9 heteroatoms. The van der Waals surface area contributed by atoms with Gasteiger partial charge in [0.05, 0.1) is 16.8 Å². The van der Waals surface area contributed by atoms with Gasteiger partial charge in [-0.15, -0.1) is 24.8 Å². The van der Waals surface area contributed by atoms with E-state index in [1.165, 1.54) is 47.7 Å². The summed E-state index contributed by atoms with van der Waals surface area (Å²) in [7, 11) is 0. The third-order valence-electron chi connectivity index (χ3n) is 5.35. The molecular formula is C21H23Cl2F2N3OS. The van der Waals surface area contributed by atoms with Crippen LogP contribution >= 0.6 is 36.2 Å². The Labute approximate surface area is 189 Å². The van der Waals surface area contributed by atoms with Gasteiger partial charge in [0.25, 0.3) is 0 Å². The summed E-state index contributed by atoms with van der Waals surface area (Å²) in [5, 5.41) is 8.21. The molecule has 2 heterocycles. The zero-order chi connectivity index (χ0) is 19.7. The predicted molar refractivity (Wildman–Crippen MR) is 120 cm³/mol. The maximum Gasteiger partial charge on any atom is 0.182 e. The first kappa shape index (κ1) is 24.5. The van der Waals surface area contributed by atoms with E-state index < -0.39 is 0 Å². The highest BCUT2D eigenvalue weighted by Crippen LogP contribution is 2.23. The third-order valence-corrected chi connectivity index (χ3v) is 6.31. The summed E-state index contributed by atoms with van der Waals surface area (Å²) < 4.78 is 29.2. The molecule has 4 rings (SSSR count). The molecule has 0 amide bonds. The topological polar surface area (TPSA) is 49.1 Å². The van der Waals surface area contributed by atoms with Gasteiger partial charge in [-0.1, -0.05) is 11.3 Å². The van der Waals surface area contributed by atoms with E-state index in [1.807, 2.05) is 4.57 Å². The molecule has 1 fully saturated rings. The highest BCUT2D eigenvalue weighted by Gasteiger charge is 2.22. The number of rotatable bonds is 5. The number of nitrogens with zero attached hydrogens (tertiary/aromatic N) is 2. The van der Waals surface area contributed by atoms with Gasteiger partial charge < -0.3 is 4.57 Å². The summed E-state index contributed by atoms with van der Waals surface area (Å²) in [6.07, 6.45) is 1.89. The van der Waals surface area contributed by atoms with Crippen molar-refractivity contribution in [3.63, 3.8) is 0 Å². The molecule has 162 valence electrons. The molecule has 0 radical (unpaired) electrons. The highest BCUT2D eigenvalue weighted by atomic mass is 35.5. The Balaban J connectivity index is 0.00000160. The normalized spacial score (nSPS) is 14.9. The van der Waals surface area contributed by atoms with E-state index in [4.69, 9.17) is 5.41 Å². The summed E-state index contributed by atoms with van der Waals surface area (Å²) in [6.45, 7) is 2.73. The smallest absolute Gasteiger partial charge is 0.182 e. The molecule has 0 saturated carbocycles. The van der Waals surface area contributed by atoms with Crippen LogP contribution in [0, 0.1) is 23.0 Å². The van der Waals surface area contributed by atoms with Crippen LogP contribution in [0.1, 0.15) is 23.2 Å². The third kappa shape index (κ3) is 5.46. The van der Waals surface area contributed by atoms with Crippen molar-refractivity contribution >= 4 is 52.2 Å². The van der Waals surface area contributed by atoms with Crippen LogP contribution in [0.5, 0.6) is 0 Å². The average Bonchev–Trinajstić information content (AvgIpc) is 2.98. The fraction of sp³-hybridized carbons (Fsp3) is 0.333. The summed E-state index contributed by atoms with van der Waals surface area (Å²) >= 11 is 1.30. The summed E-state index contributed by atoms with van der Waals surface area (Å²) in [5.41, 5.74) is 1.44. The predicted octanol–water partition coefficient (Wildman–Crippen LogP) is 4.90. The molecule has 1 aliphatic heterocycles. The van der Waals surface area contributed by atoms with E-state index in [0.717, 1.165) is 42.7 Å². The van der Waals surface area contributed by atoms with Crippen LogP contribution in [0.2, 0.25) is 0 Å². The minimum absolute atomic E-state index is 0. The first-order chi connectivity index (χ1) is 13.5. The molecule has 2 aromatic carbocycles. The summed E-state index contributed by atoms with van der Waals surface area (Å²) in [6, 6.07) is 10.4. The Morgan fingerprint density at radius 3 is 2.33 bits per heavy atom. The van der Waals surface area contributed by atoms with E-state index in [9.17, 15) is 13.6 Å². The Morgan fingerprint density at radius 2 is 1.67 bits per heavy atom. The van der Waals surface area contributed by atoms with E-state index in [2.05, 4.69) is 4.90 Å². The van der Waals surface area contributed by atoms with Gasteiger partial charge in [0.1, 0.15) is 11.6 Å². The maximum absolute atomic E-state index is 13.4. The summed E-state index contributed by atoms with van der Waals surface area (Å²) in [5.74, 6) is -0.186. The van der Waals surface area contributed by atoms with Crippen LogP contribution in [0.15, 0.2) is 42.5 Å². The molecular weight excluding hydrogens is 451 g/mol. The van der Waals surface area contributed by atoms with Gasteiger partial charge in [-0.3, -0.25) is 15.1 Å². The van der Waals surface area contributed by atoms with Crippen molar-refractivity contribution in [1.82, 2.24) is 9.47 Å². The molecule has 4 nitrogen and oxygen atoms in total. The number of likely N-dealkylation sites (tertiary alicyclic amines) is 1. The second-order valence-electron chi connectivity index (χ2n) is 7.28. The number of halogens is 4. The van der Waals surface area contributed by atoms with Crippen LogP contribution in [0.4, 0.5) is 8.78 Å². The van der Waals surface area contributed by atoms with Crippen molar-refractivity contribution in [2.45, 2.75) is 19.4 Å². The number of aromatic nitrogens is 1. The van der Waals surface area contributed by atoms with E-state index in [1.54, 1.807) is 6.07 Å². The lowest BCUT2D eigenvalue weighted by Crippen LogP contribution is -2.38. The molecule has 0 unspecified atom stereocenters. The lowest BCUT2D eigenvalue weighted by Gasteiger charge is -2.31. The minimum Gasteiger partial charge on any atom is -0.317 e. The lowest BCUT2D eigenvalue weighted by molar-refractivity contribution is 0.0890. The molecule has 0 atom stereocenters. The second kappa shape index (κ2) is 10.5. The fourth-order valence-electron chi connectivity index (χ4n) is 3.76. The van der Waals surface area contributed by atoms with Gasteiger partial charge in [0, 0.05) is 12.1 Å². The number of fused-ring (bicyclic) bond motifs is 1. The number of carbonyl (C=O) groups is 1. The number of hydrogen-bond donors (Lipinski definition) is 1. The Morgan fingerprint density at radius 1 is 1.03 bits per heavy atom. The zero-order valence-corrected chi connectivity index (χ0v) is 18.6. The molecule has 1 N–H and O–H groups in total. The van der Waals surface area contributed by atoms with E-state index >= 15 is 0 Å². The van der Waals surface area contributed by atoms with Gasteiger partial charge in [-0.2, -0.15) is 0 Å². The largest absolute Gasteiger partial charge is 0.317 e. The molecule has 0 spiro atoms. The number of piperidine rings is 1. The van der Waals surface area contributed by atoms with Crippen LogP contribution in [0.25, 0.3) is 10.2 Å². The monoisotopic (exact) mass is 473 g/mol. The van der Waals surface area contributed by atoms with Crippen molar-refractivity contribution in [2.24, 2.45) is 5.92 Å².